The molecule has 0 radical (unpaired) electrons. The summed E-state index contributed by atoms with van der Waals surface area (Å²) in [5.41, 5.74) is 6.38. The van der Waals surface area contributed by atoms with Crippen LogP contribution in [0.3, 0.4) is 0 Å². The van der Waals surface area contributed by atoms with Gasteiger partial charge in [0, 0.05) is 26.5 Å². The van der Waals surface area contributed by atoms with Crippen molar-refractivity contribution in [1.29, 1.82) is 5.26 Å². The largest absolute Gasteiger partial charge is 0.436 e. The Morgan fingerprint density at radius 3 is 2.07 bits per heavy atom. The van der Waals surface area contributed by atoms with Crippen LogP contribution in [0.25, 0.3) is 22.5 Å². The van der Waals surface area contributed by atoms with E-state index in [1.54, 1.807) is 6.21 Å². The van der Waals surface area contributed by atoms with E-state index in [1.807, 2.05) is 86.6 Å². The first-order valence-corrected chi connectivity index (χ1v) is 10.6. The molecule has 4 rings (SSSR count). The Kier molecular flexibility index (Phi) is 5.82. The normalized spacial score (nSPS) is 11.0. The molecule has 0 unspecified atom stereocenters. The summed E-state index contributed by atoms with van der Waals surface area (Å²) < 4.78 is 7.27. The molecule has 0 N–H and O–H groups in total. The second-order valence-corrected chi connectivity index (χ2v) is 8.27. The molecule has 0 amide bonds. The second-order valence-electron chi connectivity index (χ2n) is 7.11. The van der Waals surface area contributed by atoms with Crippen LogP contribution in [-0.4, -0.2) is 6.21 Å². The van der Waals surface area contributed by atoms with Gasteiger partial charge < -0.3 is 4.42 Å². The first kappa shape index (κ1) is 20.1. The van der Waals surface area contributed by atoms with Crippen molar-refractivity contribution in [2.45, 2.75) is 13.8 Å². The van der Waals surface area contributed by atoms with Crippen molar-refractivity contribution in [2.75, 3.05) is 0 Å². The number of nitriles is 1. The Morgan fingerprint density at radius 1 is 0.867 bits per heavy atom. The summed E-state index contributed by atoms with van der Waals surface area (Å²) in [5.74, 6) is 0.980. The molecule has 146 valence electrons. The minimum Gasteiger partial charge on any atom is -0.436 e. The first-order chi connectivity index (χ1) is 14.6. The minimum absolute atomic E-state index is 0.323. The Morgan fingerprint density at radius 2 is 1.47 bits per heavy atom. The zero-order chi connectivity index (χ0) is 21.1. The molecule has 4 aromatic rings. The molecular weight excluding hydrogens is 483 g/mol. The highest BCUT2D eigenvalue weighted by atomic mass is 127. The summed E-state index contributed by atoms with van der Waals surface area (Å²) in [7, 11) is 0. The third kappa shape index (κ3) is 4.07. The van der Waals surface area contributed by atoms with E-state index in [0.717, 1.165) is 31.4 Å². The van der Waals surface area contributed by atoms with Crippen molar-refractivity contribution in [3.05, 3.63) is 98.6 Å². The molecule has 0 saturated carbocycles. The van der Waals surface area contributed by atoms with Crippen molar-refractivity contribution < 1.29 is 4.42 Å². The number of hydrogen-bond donors (Lipinski definition) is 0. The summed E-state index contributed by atoms with van der Waals surface area (Å²) in [5, 5.41) is 9.99. The lowest BCUT2D eigenvalue weighted by Crippen LogP contribution is -1.86. The number of rotatable bonds is 4. The fraction of sp³-hybridized carbons (Fsp3) is 0.0769. The van der Waals surface area contributed by atoms with Gasteiger partial charge in [-0.1, -0.05) is 77.9 Å². The van der Waals surface area contributed by atoms with Crippen LogP contribution in [-0.2, 0) is 0 Å². The predicted molar refractivity (Wildman–Crippen MR) is 130 cm³/mol. The van der Waals surface area contributed by atoms with Crippen LogP contribution < -0.4 is 0 Å². The minimum atomic E-state index is 0.323. The standard InChI is InChI=1S/C26H19IN2O/c1-17-7-11-19(12-8-17)24-22(15-28)26(29-16-21-5-3-4-6-23(21)27)30-25(24)20-13-9-18(2)10-14-20/h3-14,16H,1-2H3. The maximum absolute atomic E-state index is 9.99. The molecule has 30 heavy (non-hydrogen) atoms. The molecule has 1 heterocycles. The van der Waals surface area contributed by atoms with Gasteiger partial charge in [-0.05, 0) is 48.1 Å². The van der Waals surface area contributed by atoms with Crippen LogP contribution in [0.15, 0.2) is 82.2 Å². The van der Waals surface area contributed by atoms with Gasteiger partial charge in [0.25, 0.3) is 0 Å². The third-order valence-electron chi connectivity index (χ3n) is 4.88. The molecule has 0 aliphatic carbocycles. The Bertz CT molecular complexity index is 1260. The molecule has 0 aliphatic heterocycles. The zero-order valence-electron chi connectivity index (χ0n) is 16.7. The van der Waals surface area contributed by atoms with Gasteiger partial charge >= 0.3 is 0 Å². The number of benzene rings is 3. The molecule has 0 fully saturated rings. The summed E-state index contributed by atoms with van der Waals surface area (Å²) in [6.45, 7) is 4.09. The maximum Gasteiger partial charge on any atom is 0.238 e. The van der Waals surface area contributed by atoms with Crippen LogP contribution >= 0.6 is 22.6 Å². The van der Waals surface area contributed by atoms with Gasteiger partial charge in [0.2, 0.25) is 5.88 Å². The van der Waals surface area contributed by atoms with E-state index in [2.05, 4.69) is 33.7 Å². The number of aryl methyl sites for hydroxylation is 2. The van der Waals surface area contributed by atoms with Gasteiger partial charge in [-0.25, -0.2) is 4.99 Å². The average Bonchev–Trinajstić information content (AvgIpc) is 3.12. The summed E-state index contributed by atoms with van der Waals surface area (Å²) in [6.07, 6.45) is 1.75. The van der Waals surface area contributed by atoms with Crippen molar-refractivity contribution in [2.24, 2.45) is 4.99 Å². The van der Waals surface area contributed by atoms with Crippen molar-refractivity contribution in [3.63, 3.8) is 0 Å². The lowest BCUT2D eigenvalue weighted by molar-refractivity contribution is 0.593. The van der Waals surface area contributed by atoms with E-state index in [9.17, 15) is 5.26 Å². The number of halogens is 1. The van der Waals surface area contributed by atoms with Crippen molar-refractivity contribution >= 4 is 34.7 Å². The highest BCUT2D eigenvalue weighted by Crippen LogP contribution is 2.42. The molecule has 3 aromatic carbocycles. The van der Waals surface area contributed by atoms with Gasteiger partial charge in [-0.15, -0.1) is 0 Å². The fourth-order valence-corrected chi connectivity index (χ4v) is 3.75. The SMILES string of the molecule is Cc1ccc(-c2oc(N=Cc3ccccc3I)c(C#N)c2-c2ccc(C)cc2)cc1. The van der Waals surface area contributed by atoms with Crippen LogP contribution in [0, 0.1) is 28.7 Å². The van der Waals surface area contributed by atoms with Crippen LogP contribution in [0.4, 0.5) is 5.88 Å². The highest BCUT2D eigenvalue weighted by molar-refractivity contribution is 14.1. The summed E-state index contributed by atoms with van der Waals surface area (Å²) in [6, 6.07) is 26.5. The van der Waals surface area contributed by atoms with E-state index in [1.165, 1.54) is 5.56 Å². The van der Waals surface area contributed by atoms with Gasteiger partial charge in [0.05, 0.1) is 0 Å². The van der Waals surface area contributed by atoms with Crippen LogP contribution in [0.2, 0.25) is 0 Å². The molecule has 0 aliphatic rings. The van der Waals surface area contributed by atoms with Gasteiger partial charge in [0.1, 0.15) is 17.4 Å². The first-order valence-electron chi connectivity index (χ1n) is 9.56. The lowest BCUT2D eigenvalue weighted by atomic mass is 9.97. The number of furan rings is 1. The Hall–Kier alpha value is -3.17. The van der Waals surface area contributed by atoms with E-state index in [-0.39, 0.29) is 0 Å². The average molecular weight is 502 g/mol. The molecule has 4 heteroatoms. The predicted octanol–water partition coefficient (Wildman–Crippen LogP) is 7.46. The number of hydrogen-bond acceptors (Lipinski definition) is 3. The summed E-state index contributed by atoms with van der Waals surface area (Å²) in [4.78, 5) is 4.56. The highest BCUT2D eigenvalue weighted by Gasteiger charge is 2.22. The van der Waals surface area contributed by atoms with Crippen LogP contribution in [0.5, 0.6) is 0 Å². The quantitative estimate of drug-likeness (QED) is 0.215. The maximum atomic E-state index is 9.99. The fourth-order valence-electron chi connectivity index (χ4n) is 3.23. The number of nitrogens with zero attached hydrogens (tertiary/aromatic N) is 2. The lowest BCUT2D eigenvalue weighted by Gasteiger charge is -2.05. The van der Waals surface area contributed by atoms with E-state index in [4.69, 9.17) is 4.42 Å². The topological polar surface area (TPSA) is 49.3 Å². The molecule has 3 nitrogen and oxygen atoms in total. The Labute approximate surface area is 189 Å². The number of aliphatic imine (C=N–C) groups is 1. The zero-order valence-corrected chi connectivity index (χ0v) is 18.8. The molecule has 0 bridgehead atoms. The third-order valence-corrected chi connectivity index (χ3v) is 5.86. The Balaban J connectivity index is 1.90. The summed E-state index contributed by atoms with van der Waals surface area (Å²) >= 11 is 2.27. The smallest absolute Gasteiger partial charge is 0.238 e. The van der Waals surface area contributed by atoms with E-state index < -0.39 is 0 Å². The second kappa shape index (κ2) is 8.68. The molecule has 0 spiro atoms. The van der Waals surface area contributed by atoms with Gasteiger partial charge in [0.15, 0.2) is 0 Å². The molecule has 1 aromatic heterocycles. The van der Waals surface area contributed by atoms with E-state index >= 15 is 0 Å². The molecular formula is C26H19IN2O. The van der Waals surface area contributed by atoms with Crippen LogP contribution in [0.1, 0.15) is 22.3 Å². The van der Waals surface area contributed by atoms with Crippen molar-refractivity contribution in [3.8, 4) is 28.5 Å². The molecule has 0 atom stereocenters. The molecule has 0 saturated heterocycles. The van der Waals surface area contributed by atoms with Crippen molar-refractivity contribution in [1.82, 2.24) is 0 Å². The van der Waals surface area contributed by atoms with Gasteiger partial charge in [-0.2, -0.15) is 5.26 Å². The van der Waals surface area contributed by atoms with E-state index in [0.29, 0.717) is 17.2 Å². The monoisotopic (exact) mass is 502 g/mol. The van der Waals surface area contributed by atoms with Gasteiger partial charge in [-0.3, -0.25) is 0 Å².